The van der Waals surface area contributed by atoms with Gasteiger partial charge in [-0.1, -0.05) is 137 Å². The van der Waals surface area contributed by atoms with Gasteiger partial charge in [-0.2, -0.15) is 0 Å². The molecule has 0 unspecified atom stereocenters. The smallest absolute Gasteiger partial charge is 0.115 e. The Labute approximate surface area is 215 Å². The first-order chi connectivity index (χ1) is 15.3. The molecule has 0 bridgehead atoms. The summed E-state index contributed by atoms with van der Waals surface area (Å²) < 4.78 is 0. The highest BCUT2D eigenvalue weighted by Crippen LogP contribution is 2.21. The van der Waals surface area contributed by atoms with E-state index in [0.29, 0.717) is 17.1 Å². The molecule has 0 fully saturated rings. The highest BCUT2D eigenvalue weighted by molar-refractivity contribution is 5.26. The molecule has 1 N–H and O–H groups in total. The number of hydrogen-bond donors (Lipinski definition) is 1. The minimum atomic E-state index is 0. The lowest BCUT2D eigenvalue weighted by atomic mass is 9.88. The zero-order valence-electron chi connectivity index (χ0n) is 24.5. The van der Waals surface area contributed by atoms with E-state index in [-0.39, 0.29) is 7.43 Å². The van der Waals surface area contributed by atoms with Crippen molar-refractivity contribution in [3.05, 3.63) is 76.9 Å². The van der Waals surface area contributed by atoms with Crippen LogP contribution >= 0.6 is 0 Å². The molecular formula is C33H60O. The van der Waals surface area contributed by atoms with Crippen LogP contribution in [0.1, 0.15) is 121 Å². The minimum Gasteiger partial charge on any atom is -0.508 e. The predicted molar refractivity (Wildman–Crippen MR) is 160 cm³/mol. The highest BCUT2D eigenvalue weighted by atomic mass is 16.3. The van der Waals surface area contributed by atoms with E-state index in [1.165, 1.54) is 22.3 Å². The van der Waals surface area contributed by atoms with Gasteiger partial charge in [0, 0.05) is 0 Å². The van der Waals surface area contributed by atoms with Gasteiger partial charge in [0.05, 0.1) is 0 Å². The van der Waals surface area contributed by atoms with Crippen LogP contribution < -0.4 is 0 Å². The molecule has 0 aliphatic heterocycles. The summed E-state index contributed by atoms with van der Waals surface area (Å²) in [5.41, 5.74) is 5.99. The second kappa shape index (κ2) is 22.8. The topological polar surface area (TPSA) is 20.2 Å². The summed E-state index contributed by atoms with van der Waals surface area (Å²) >= 11 is 0. The number of phenolic OH excluding ortho intramolecular Hbond substituents is 1. The van der Waals surface area contributed by atoms with E-state index >= 15 is 0 Å². The molecule has 0 atom stereocenters. The standard InChI is InChI=1S/C11H16O.C9H12.C8H16.2C2H6.CH4/c1-11(2,3)8-9-4-6-10(12)7-5-9;1-8(2)9-6-4-3-5-7-9;1-6(2)8(5)7(3)4;2*1-2;/h4-7,12H,8H2,1-3H3;3-8H,1-2H3;6H,1-5H3;2*1-2H3;1H4. The van der Waals surface area contributed by atoms with Crippen LogP contribution in [-0.4, -0.2) is 5.11 Å². The van der Waals surface area contributed by atoms with E-state index < -0.39 is 0 Å². The first-order valence-corrected chi connectivity index (χ1v) is 12.8. The molecule has 0 spiro atoms. The number of rotatable bonds is 3. The predicted octanol–water partition coefficient (Wildman–Crippen LogP) is 11.5. The summed E-state index contributed by atoms with van der Waals surface area (Å²) in [6.45, 7) is 30.0. The Balaban J connectivity index is -0.000000186. The van der Waals surface area contributed by atoms with E-state index in [1.54, 1.807) is 12.1 Å². The largest absolute Gasteiger partial charge is 0.508 e. The van der Waals surface area contributed by atoms with Crippen molar-refractivity contribution in [1.29, 1.82) is 0 Å². The average molecular weight is 473 g/mol. The highest BCUT2D eigenvalue weighted by Gasteiger charge is 2.10. The van der Waals surface area contributed by atoms with Crippen LogP contribution in [0.4, 0.5) is 0 Å². The monoisotopic (exact) mass is 472 g/mol. The molecular weight excluding hydrogens is 412 g/mol. The zero-order chi connectivity index (χ0) is 26.6. The van der Waals surface area contributed by atoms with Gasteiger partial charge < -0.3 is 5.11 Å². The van der Waals surface area contributed by atoms with Crippen LogP contribution in [0.15, 0.2) is 65.7 Å². The number of allylic oxidation sites excluding steroid dienone is 2. The molecule has 0 aliphatic carbocycles. The number of aromatic hydroxyl groups is 1. The lowest BCUT2D eigenvalue weighted by Gasteiger charge is -2.17. The molecule has 2 aromatic carbocycles. The van der Waals surface area contributed by atoms with Gasteiger partial charge in [-0.05, 0) is 67.7 Å². The fraction of sp³-hybridized carbons (Fsp3) is 0.576. The molecule has 0 saturated heterocycles. The minimum absolute atomic E-state index is 0. The van der Waals surface area contributed by atoms with Crippen molar-refractivity contribution in [1.82, 2.24) is 0 Å². The number of phenols is 1. The summed E-state index contributed by atoms with van der Waals surface area (Å²) in [6.07, 6.45) is 1.05. The molecule has 1 nitrogen and oxygen atoms in total. The van der Waals surface area contributed by atoms with E-state index in [0.717, 1.165) is 12.3 Å². The summed E-state index contributed by atoms with van der Waals surface area (Å²) in [4.78, 5) is 0. The maximum Gasteiger partial charge on any atom is 0.115 e. The van der Waals surface area contributed by atoms with Crippen LogP contribution in [0, 0.1) is 11.3 Å². The third kappa shape index (κ3) is 23.1. The van der Waals surface area contributed by atoms with Gasteiger partial charge in [-0.25, -0.2) is 0 Å². The van der Waals surface area contributed by atoms with E-state index in [9.17, 15) is 0 Å². The molecule has 2 aromatic rings. The second-order valence-corrected chi connectivity index (χ2v) is 9.81. The maximum atomic E-state index is 9.05. The lowest BCUT2D eigenvalue weighted by molar-refractivity contribution is 0.410. The van der Waals surface area contributed by atoms with Crippen molar-refractivity contribution in [3.8, 4) is 5.75 Å². The maximum absolute atomic E-state index is 9.05. The Kier molecular flexibility index (Phi) is 26.2. The number of benzene rings is 2. The fourth-order valence-electron chi connectivity index (χ4n) is 2.64. The molecule has 1 heteroatoms. The van der Waals surface area contributed by atoms with Crippen LogP contribution in [0.3, 0.4) is 0 Å². The molecule has 0 aromatic heterocycles. The van der Waals surface area contributed by atoms with Crippen LogP contribution in [0.25, 0.3) is 0 Å². The van der Waals surface area contributed by atoms with Gasteiger partial charge in [0.25, 0.3) is 0 Å². The summed E-state index contributed by atoms with van der Waals surface area (Å²) in [5.74, 6) is 1.72. The lowest BCUT2D eigenvalue weighted by Crippen LogP contribution is -2.08. The van der Waals surface area contributed by atoms with Crippen molar-refractivity contribution in [2.45, 2.75) is 117 Å². The van der Waals surface area contributed by atoms with Crippen LogP contribution in [0.5, 0.6) is 5.75 Å². The summed E-state index contributed by atoms with van der Waals surface area (Å²) in [7, 11) is 0. The van der Waals surface area contributed by atoms with Crippen molar-refractivity contribution >= 4 is 0 Å². The summed E-state index contributed by atoms with van der Waals surface area (Å²) in [6, 6.07) is 17.9. The quantitative estimate of drug-likeness (QED) is 0.440. The van der Waals surface area contributed by atoms with Gasteiger partial charge >= 0.3 is 0 Å². The Bertz CT molecular complexity index is 694. The average Bonchev–Trinajstić information content (AvgIpc) is 2.78. The normalized spacial score (nSPS) is 9.41. The Morgan fingerprint density at radius 1 is 0.735 bits per heavy atom. The first-order valence-electron chi connectivity index (χ1n) is 12.8. The van der Waals surface area contributed by atoms with Gasteiger partial charge in [-0.3, -0.25) is 0 Å². The van der Waals surface area contributed by atoms with Gasteiger partial charge in [0.2, 0.25) is 0 Å². The third-order valence-corrected chi connectivity index (χ3v) is 4.79. The molecule has 198 valence electrons. The van der Waals surface area contributed by atoms with Crippen molar-refractivity contribution < 1.29 is 5.11 Å². The van der Waals surface area contributed by atoms with E-state index in [2.05, 4.69) is 93.5 Å². The van der Waals surface area contributed by atoms with Crippen LogP contribution in [0.2, 0.25) is 0 Å². The zero-order valence-corrected chi connectivity index (χ0v) is 24.5. The summed E-state index contributed by atoms with van der Waals surface area (Å²) in [5, 5.41) is 9.05. The van der Waals surface area contributed by atoms with Gasteiger partial charge in [0.1, 0.15) is 5.75 Å². The first kappa shape index (κ1) is 39.2. The Hall–Kier alpha value is -2.02. The molecule has 0 heterocycles. The van der Waals surface area contributed by atoms with E-state index in [4.69, 9.17) is 5.11 Å². The molecule has 34 heavy (non-hydrogen) atoms. The Morgan fingerprint density at radius 2 is 1.15 bits per heavy atom. The van der Waals surface area contributed by atoms with Crippen molar-refractivity contribution in [3.63, 3.8) is 0 Å². The van der Waals surface area contributed by atoms with E-state index in [1.807, 2.05) is 45.9 Å². The number of hydrogen-bond acceptors (Lipinski definition) is 1. The molecule has 0 aliphatic rings. The Morgan fingerprint density at radius 3 is 1.38 bits per heavy atom. The van der Waals surface area contributed by atoms with Gasteiger partial charge in [-0.15, -0.1) is 0 Å². The molecule has 0 radical (unpaired) electrons. The molecule has 0 amide bonds. The fourth-order valence-corrected chi connectivity index (χ4v) is 2.64. The van der Waals surface area contributed by atoms with Crippen molar-refractivity contribution in [2.24, 2.45) is 11.3 Å². The third-order valence-electron chi connectivity index (χ3n) is 4.79. The SMILES string of the molecule is C.CC.CC.CC(C)(C)Cc1ccc(O)cc1.CC(C)=C(C)C(C)C.CC(C)c1ccccc1. The van der Waals surface area contributed by atoms with Crippen LogP contribution in [-0.2, 0) is 6.42 Å². The molecule has 2 rings (SSSR count). The van der Waals surface area contributed by atoms with Gasteiger partial charge in [0.15, 0.2) is 0 Å². The van der Waals surface area contributed by atoms with Crippen molar-refractivity contribution in [2.75, 3.05) is 0 Å². The second-order valence-electron chi connectivity index (χ2n) is 9.81. The molecule has 0 saturated carbocycles.